The van der Waals surface area contributed by atoms with Gasteiger partial charge >= 0.3 is 5.97 Å². The lowest BCUT2D eigenvalue weighted by Gasteiger charge is -2.40. The fourth-order valence-electron chi connectivity index (χ4n) is 5.44. The lowest BCUT2D eigenvalue weighted by Crippen LogP contribution is -2.63. The number of allylic oxidation sites excluding steroid dienone is 1. The van der Waals surface area contributed by atoms with Crippen LogP contribution in [0.15, 0.2) is 99.4 Å². The molecule has 2 atom stereocenters. The third-order valence-corrected chi connectivity index (χ3v) is 15.6. The van der Waals surface area contributed by atoms with E-state index in [1.807, 2.05) is 42.5 Å². The molecular formula is C33H41N3O3SSi. The Morgan fingerprint density at radius 3 is 2.10 bits per heavy atom. The number of ether oxygens (including phenoxy) is 1. The standard InChI is InChI=1S/C33H41N3O3SSi/c1-8-25(26-21-22-26)23-34-40(38,30-24-36(7)31(29(30)9-2)32(37)39-10-3)35-41(33(4,5)6,27-17-13-11-14-18-27)28-19-15-12-16-20-28/h8-9,11-20,23-26H,1-2,10,21-22H2,3-7H3/b34-23+. The van der Waals surface area contributed by atoms with Crippen LogP contribution < -0.4 is 10.4 Å². The number of carbonyl (C=O) groups excluding carboxylic acids is 1. The Morgan fingerprint density at radius 2 is 1.66 bits per heavy atom. The van der Waals surface area contributed by atoms with Crippen LogP contribution in [0, 0.1) is 11.8 Å². The Hall–Kier alpha value is -3.49. The maximum Gasteiger partial charge on any atom is 0.355 e. The predicted molar refractivity (Wildman–Crippen MR) is 173 cm³/mol. The summed E-state index contributed by atoms with van der Waals surface area (Å²) in [5, 5.41) is 1.67. The van der Waals surface area contributed by atoms with Crippen molar-refractivity contribution in [1.82, 2.24) is 4.57 Å². The van der Waals surface area contributed by atoms with E-state index in [0.717, 1.165) is 23.2 Å². The van der Waals surface area contributed by atoms with Crippen LogP contribution in [0.3, 0.4) is 0 Å². The Balaban J connectivity index is 2.15. The molecule has 1 saturated carbocycles. The van der Waals surface area contributed by atoms with Crippen molar-refractivity contribution in [2.75, 3.05) is 6.61 Å². The highest BCUT2D eigenvalue weighted by molar-refractivity contribution is 7.93. The molecule has 2 aromatic carbocycles. The minimum Gasteiger partial charge on any atom is -0.461 e. The van der Waals surface area contributed by atoms with E-state index >= 15 is 4.21 Å². The van der Waals surface area contributed by atoms with Crippen LogP contribution in [0.5, 0.6) is 0 Å². The normalized spacial score (nSPS) is 16.1. The summed E-state index contributed by atoms with van der Waals surface area (Å²) in [6.45, 7) is 16.5. The first kappa shape index (κ1) is 30.5. The second-order valence-corrected chi connectivity index (χ2v) is 17.9. The molecule has 0 spiro atoms. The second-order valence-electron chi connectivity index (χ2n) is 11.5. The highest BCUT2D eigenvalue weighted by atomic mass is 32.2. The van der Waals surface area contributed by atoms with Gasteiger partial charge in [0.2, 0.25) is 0 Å². The van der Waals surface area contributed by atoms with Crippen LogP contribution in [0.2, 0.25) is 5.04 Å². The van der Waals surface area contributed by atoms with Crippen molar-refractivity contribution in [3.63, 3.8) is 0 Å². The maximum absolute atomic E-state index is 15.6. The van der Waals surface area contributed by atoms with Crippen LogP contribution >= 0.6 is 0 Å². The summed E-state index contributed by atoms with van der Waals surface area (Å²) < 4.78 is 33.0. The van der Waals surface area contributed by atoms with Crippen molar-refractivity contribution in [2.45, 2.75) is 50.5 Å². The molecule has 216 valence electrons. The van der Waals surface area contributed by atoms with Crippen molar-refractivity contribution >= 4 is 46.8 Å². The molecule has 1 aromatic heterocycles. The minimum atomic E-state index is -3.50. The van der Waals surface area contributed by atoms with Crippen molar-refractivity contribution < 1.29 is 13.7 Å². The van der Waals surface area contributed by atoms with E-state index in [0.29, 0.717) is 16.4 Å². The van der Waals surface area contributed by atoms with Crippen LogP contribution in [0.4, 0.5) is 0 Å². The van der Waals surface area contributed by atoms with Gasteiger partial charge in [-0.2, -0.15) is 4.40 Å². The van der Waals surface area contributed by atoms with Gasteiger partial charge in [0, 0.05) is 30.9 Å². The molecule has 0 N–H and O–H groups in total. The van der Waals surface area contributed by atoms with Crippen LogP contribution in [0.1, 0.15) is 56.6 Å². The summed E-state index contributed by atoms with van der Waals surface area (Å²) in [6.07, 6.45) is 9.07. The Labute approximate surface area is 246 Å². The van der Waals surface area contributed by atoms with Crippen LogP contribution in [-0.2, 0) is 21.7 Å². The van der Waals surface area contributed by atoms with Gasteiger partial charge in [0.25, 0.3) is 8.24 Å². The summed E-state index contributed by atoms with van der Waals surface area (Å²) in [7, 11) is -4.96. The zero-order chi connectivity index (χ0) is 29.8. The van der Waals surface area contributed by atoms with Gasteiger partial charge in [-0.15, -0.1) is 6.58 Å². The van der Waals surface area contributed by atoms with E-state index < -0.39 is 29.2 Å². The third-order valence-electron chi connectivity index (χ3n) is 7.69. The van der Waals surface area contributed by atoms with E-state index in [2.05, 4.69) is 58.2 Å². The van der Waals surface area contributed by atoms with E-state index in [-0.39, 0.29) is 18.2 Å². The lowest BCUT2D eigenvalue weighted by atomic mass is 10.1. The number of esters is 1. The molecule has 1 aliphatic rings. The third kappa shape index (κ3) is 5.95. The number of benzene rings is 2. The average Bonchev–Trinajstić information content (AvgIpc) is 3.73. The lowest BCUT2D eigenvalue weighted by molar-refractivity contribution is 0.0515. The molecule has 4 rings (SSSR count). The number of aromatic nitrogens is 1. The smallest absolute Gasteiger partial charge is 0.355 e. The first-order valence-electron chi connectivity index (χ1n) is 14.1. The number of carbonyl (C=O) groups is 1. The van der Waals surface area contributed by atoms with E-state index in [1.165, 1.54) is 0 Å². The van der Waals surface area contributed by atoms with Crippen molar-refractivity contribution in [1.29, 1.82) is 0 Å². The van der Waals surface area contributed by atoms with E-state index in [9.17, 15) is 4.79 Å². The van der Waals surface area contributed by atoms with Gasteiger partial charge in [0.1, 0.15) is 5.69 Å². The molecule has 1 fully saturated rings. The fraction of sp³-hybridized carbons (Fsp3) is 0.333. The van der Waals surface area contributed by atoms with E-state index in [1.54, 1.807) is 37.0 Å². The first-order chi connectivity index (χ1) is 19.5. The van der Waals surface area contributed by atoms with Gasteiger partial charge in [-0.1, -0.05) is 100 Å². The average molecular weight is 588 g/mol. The first-order valence-corrected chi connectivity index (χ1v) is 17.5. The molecule has 2 unspecified atom stereocenters. The molecule has 6 nitrogen and oxygen atoms in total. The maximum atomic E-state index is 15.6. The van der Waals surface area contributed by atoms with Crippen LogP contribution in [-0.4, -0.2) is 35.8 Å². The topological polar surface area (TPSA) is 73.0 Å². The molecule has 41 heavy (non-hydrogen) atoms. The van der Waals surface area contributed by atoms with Crippen molar-refractivity contribution in [2.24, 2.45) is 27.3 Å². The van der Waals surface area contributed by atoms with Gasteiger partial charge in [0.05, 0.1) is 11.5 Å². The molecular weight excluding hydrogens is 547 g/mol. The van der Waals surface area contributed by atoms with Gasteiger partial charge < -0.3 is 9.30 Å². The molecule has 1 aliphatic carbocycles. The van der Waals surface area contributed by atoms with Gasteiger partial charge in [-0.3, -0.25) is 0 Å². The summed E-state index contributed by atoms with van der Waals surface area (Å²) in [5.74, 6) is -0.0719. The molecule has 3 aromatic rings. The van der Waals surface area contributed by atoms with Crippen molar-refractivity contribution in [3.8, 4) is 0 Å². The Morgan fingerprint density at radius 1 is 1.10 bits per heavy atom. The van der Waals surface area contributed by atoms with Gasteiger partial charge in [-0.25, -0.2) is 13.0 Å². The number of nitrogens with zero attached hydrogens (tertiary/aromatic N) is 3. The molecule has 0 amide bonds. The Bertz CT molecular complexity index is 1520. The summed E-state index contributed by atoms with van der Waals surface area (Å²) in [5.41, 5.74) is 0.705. The number of hydrogen-bond donors (Lipinski definition) is 0. The largest absolute Gasteiger partial charge is 0.461 e. The monoisotopic (exact) mass is 587 g/mol. The van der Waals surface area contributed by atoms with Gasteiger partial charge in [-0.05, 0) is 41.1 Å². The van der Waals surface area contributed by atoms with Crippen LogP contribution in [0.25, 0.3) is 6.08 Å². The minimum absolute atomic E-state index is 0.00870. The van der Waals surface area contributed by atoms with Crippen molar-refractivity contribution in [3.05, 3.63) is 97.4 Å². The number of aryl methyl sites for hydroxylation is 1. The summed E-state index contributed by atoms with van der Waals surface area (Å²) >= 11 is 0. The molecule has 0 bridgehead atoms. The molecule has 0 aliphatic heterocycles. The fourth-order valence-corrected chi connectivity index (χ4v) is 14.0. The zero-order valence-electron chi connectivity index (χ0n) is 24.7. The SMILES string of the molecule is C=Cc1c(S(=O)(=N[Si](c2ccccc2)(c2ccccc2)C(C)(C)C)/N=C/C(C=C)C2CC2)cn(C)c1C(=O)OCC. The van der Waals surface area contributed by atoms with Gasteiger partial charge in [0.15, 0.2) is 9.92 Å². The number of rotatable bonds is 11. The highest BCUT2D eigenvalue weighted by Crippen LogP contribution is 2.40. The summed E-state index contributed by atoms with van der Waals surface area (Å²) in [4.78, 5) is 13.4. The Kier molecular flexibility index (Phi) is 9.04. The summed E-state index contributed by atoms with van der Waals surface area (Å²) in [6, 6.07) is 20.3. The zero-order valence-corrected chi connectivity index (χ0v) is 26.6. The molecule has 0 saturated heterocycles. The molecule has 0 radical (unpaired) electrons. The molecule has 1 heterocycles. The quantitative estimate of drug-likeness (QED) is 0.112. The van der Waals surface area contributed by atoms with E-state index in [4.69, 9.17) is 13.2 Å². The second kappa shape index (κ2) is 12.2. The number of hydrogen-bond acceptors (Lipinski definition) is 4. The predicted octanol–water partition coefficient (Wildman–Crippen LogP) is 6.43. The molecule has 8 heteroatoms. The highest BCUT2D eigenvalue weighted by Gasteiger charge is 2.50.